The molecule has 0 aliphatic carbocycles. The maximum Gasteiger partial charge on any atom is 0.127 e. The van der Waals surface area contributed by atoms with Gasteiger partial charge < -0.3 is 10.1 Å². The quantitative estimate of drug-likeness (QED) is 0.753. The second-order valence-corrected chi connectivity index (χ2v) is 6.18. The minimum atomic E-state index is 0.641. The minimum Gasteiger partial charge on any atom is -0.492 e. The maximum absolute atomic E-state index is 7.55. The summed E-state index contributed by atoms with van der Waals surface area (Å²) < 4.78 is 6.06. The Bertz CT molecular complexity index is 835. The number of fused-ring (bicyclic) bond motifs is 1. The van der Waals surface area contributed by atoms with E-state index in [2.05, 4.69) is 18.1 Å². The van der Waals surface area contributed by atoms with Crippen LogP contribution in [0, 0.1) is 5.41 Å². The van der Waals surface area contributed by atoms with Crippen LogP contribution < -0.4 is 4.74 Å². The van der Waals surface area contributed by atoms with E-state index in [1.165, 1.54) is 17.4 Å². The van der Waals surface area contributed by atoms with Crippen LogP contribution in [-0.2, 0) is 0 Å². The number of rotatable bonds is 7. The molecule has 0 fully saturated rings. The Labute approximate surface area is 149 Å². The molecule has 128 valence electrons. The zero-order chi connectivity index (χ0) is 17.6. The first-order valence-electron chi connectivity index (χ1n) is 8.61. The monoisotopic (exact) mass is 332 g/mol. The molecule has 1 heterocycles. The molecule has 0 saturated carbocycles. The molecule has 25 heavy (non-hydrogen) atoms. The standard InChI is InChI=1S/C22H24N2O/c1-3-17-11-12-24(16-18(17)4-2)13-14-25-22-10-9-19(15-23)20-7-5-6-8-21(20)22/h3-10,15,23H,1-2,11-14,16H2. The summed E-state index contributed by atoms with van der Waals surface area (Å²) in [4.78, 5) is 2.39. The zero-order valence-corrected chi connectivity index (χ0v) is 14.5. The van der Waals surface area contributed by atoms with Crippen LogP contribution in [0.25, 0.3) is 10.8 Å². The Morgan fingerprint density at radius 1 is 1.04 bits per heavy atom. The van der Waals surface area contributed by atoms with Gasteiger partial charge in [0, 0.05) is 36.8 Å². The van der Waals surface area contributed by atoms with Crippen LogP contribution >= 0.6 is 0 Å². The van der Waals surface area contributed by atoms with Crippen molar-refractivity contribution >= 4 is 17.0 Å². The van der Waals surface area contributed by atoms with Crippen LogP contribution in [0.5, 0.6) is 5.75 Å². The lowest BCUT2D eigenvalue weighted by Gasteiger charge is -2.28. The van der Waals surface area contributed by atoms with Gasteiger partial charge in [0.2, 0.25) is 0 Å². The van der Waals surface area contributed by atoms with E-state index in [0.29, 0.717) is 6.61 Å². The van der Waals surface area contributed by atoms with E-state index in [9.17, 15) is 0 Å². The third-order valence-corrected chi connectivity index (χ3v) is 4.73. The Hall–Kier alpha value is -2.65. The molecule has 0 spiro atoms. The molecule has 0 bridgehead atoms. The highest BCUT2D eigenvalue weighted by Crippen LogP contribution is 2.28. The lowest BCUT2D eigenvalue weighted by atomic mass is 10.0. The number of nitrogens with zero attached hydrogens (tertiary/aromatic N) is 1. The molecule has 2 aromatic rings. The highest BCUT2D eigenvalue weighted by Gasteiger charge is 2.15. The van der Waals surface area contributed by atoms with E-state index >= 15 is 0 Å². The molecule has 3 nitrogen and oxygen atoms in total. The van der Waals surface area contributed by atoms with E-state index in [1.54, 1.807) is 0 Å². The van der Waals surface area contributed by atoms with Crippen molar-refractivity contribution in [3.05, 3.63) is 78.4 Å². The molecular formula is C22H24N2O. The lowest BCUT2D eigenvalue weighted by Crippen LogP contribution is -2.34. The number of benzene rings is 2. The molecule has 1 aliphatic heterocycles. The Morgan fingerprint density at radius 2 is 1.80 bits per heavy atom. The summed E-state index contributed by atoms with van der Waals surface area (Å²) >= 11 is 0. The summed E-state index contributed by atoms with van der Waals surface area (Å²) in [5.74, 6) is 0.879. The average molecular weight is 332 g/mol. The highest BCUT2D eigenvalue weighted by molar-refractivity contribution is 6.01. The van der Waals surface area contributed by atoms with Crippen LogP contribution in [0.4, 0.5) is 0 Å². The van der Waals surface area contributed by atoms with Crippen molar-refractivity contribution in [3.63, 3.8) is 0 Å². The van der Waals surface area contributed by atoms with Crippen molar-refractivity contribution in [2.75, 3.05) is 26.2 Å². The number of hydrogen-bond acceptors (Lipinski definition) is 3. The lowest BCUT2D eigenvalue weighted by molar-refractivity contribution is 0.218. The van der Waals surface area contributed by atoms with Gasteiger partial charge >= 0.3 is 0 Å². The van der Waals surface area contributed by atoms with Crippen LogP contribution in [0.3, 0.4) is 0 Å². The van der Waals surface area contributed by atoms with Crippen molar-refractivity contribution in [2.45, 2.75) is 6.42 Å². The molecule has 2 aromatic carbocycles. The SMILES string of the molecule is C=CC1=C(C=C)CN(CCOc2ccc(C=N)c3ccccc23)CC1. The second kappa shape index (κ2) is 7.95. The third-order valence-electron chi connectivity index (χ3n) is 4.73. The van der Waals surface area contributed by atoms with Crippen molar-refractivity contribution < 1.29 is 4.74 Å². The Balaban J connectivity index is 1.66. The largest absolute Gasteiger partial charge is 0.492 e. The summed E-state index contributed by atoms with van der Waals surface area (Å²) in [5, 5.41) is 9.66. The molecule has 0 saturated heterocycles. The van der Waals surface area contributed by atoms with Crippen LogP contribution in [-0.4, -0.2) is 37.4 Å². The normalized spacial score (nSPS) is 15.2. The van der Waals surface area contributed by atoms with Gasteiger partial charge in [0.15, 0.2) is 0 Å². The molecule has 0 amide bonds. The molecule has 3 rings (SSSR count). The first-order chi connectivity index (χ1) is 12.3. The molecule has 1 N–H and O–H groups in total. The number of nitrogens with one attached hydrogen (secondary N) is 1. The molecule has 0 radical (unpaired) electrons. The number of hydrogen-bond donors (Lipinski definition) is 1. The van der Waals surface area contributed by atoms with Crippen molar-refractivity contribution in [2.24, 2.45) is 0 Å². The molecule has 3 heteroatoms. The van der Waals surface area contributed by atoms with Crippen molar-refractivity contribution in [1.29, 1.82) is 5.41 Å². The first-order valence-corrected chi connectivity index (χ1v) is 8.61. The van der Waals surface area contributed by atoms with Gasteiger partial charge in [-0.2, -0.15) is 0 Å². The predicted octanol–water partition coefficient (Wildman–Crippen LogP) is 4.59. The van der Waals surface area contributed by atoms with E-state index in [0.717, 1.165) is 48.1 Å². The van der Waals surface area contributed by atoms with E-state index in [1.807, 2.05) is 48.6 Å². The summed E-state index contributed by atoms with van der Waals surface area (Å²) in [6, 6.07) is 12.0. The van der Waals surface area contributed by atoms with Gasteiger partial charge in [0.05, 0.1) is 0 Å². The molecular weight excluding hydrogens is 308 g/mol. The summed E-state index contributed by atoms with van der Waals surface area (Å²) in [6.45, 7) is 11.2. The number of allylic oxidation sites excluding steroid dienone is 1. The maximum atomic E-state index is 7.55. The molecule has 0 unspecified atom stereocenters. The van der Waals surface area contributed by atoms with Gasteiger partial charge in [0.1, 0.15) is 12.4 Å². The highest BCUT2D eigenvalue weighted by atomic mass is 16.5. The van der Waals surface area contributed by atoms with Gasteiger partial charge in [0.25, 0.3) is 0 Å². The van der Waals surface area contributed by atoms with Crippen LogP contribution in [0.2, 0.25) is 0 Å². The van der Waals surface area contributed by atoms with Gasteiger partial charge in [-0.05, 0) is 35.1 Å². The Morgan fingerprint density at radius 3 is 2.52 bits per heavy atom. The predicted molar refractivity (Wildman–Crippen MR) is 106 cm³/mol. The smallest absolute Gasteiger partial charge is 0.127 e. The van der Waals surface area contributed by atoms with Crippen LogP contribution in [0.15, 0.2) is 72.9 Å². The van der Waals surface area contributed by atoms with Gasteiger partial charge in [-0.15, -0.1) is 0 Å². The first kappa shape index (κ1) is 17.2. The second-order valence-electron chi connectivity index (χ2n) is 6.18. The minimum absolute atomic E-state index is 0.641. The van der Waals surface area contributed by atoms with Gasteiger partial charge in [-0.1, -0.05) is 49.6 Å². The number of ether oxygens (including phenoxy) is 1. The topological polar surface area (TPSA) is 36.3 Å². The fourth-order valence-corrected chi connectivity index (χ4v) is 3.31. The van der Waals surface area contributed by atoms with Crippen molar-refractivity contribution in [1.82, 2.24) is 4.90 Å². The fraction of sp³-hybridized carbons (Fsp3) is 0.227. The zero-order valence-electron chi connectivity index (χ0n) is 14.5. The van der Waals surface area contributed by atoms with E-state index < -0.39 is 0 Å². The van der Waals surface area contributed by atoms with Gasteiger partial charge in [-0.25, -0.2) is 0 Å². The third kappa shape index (κ3) is 3.72. The molecule has 0 aromatic heterocycles. The fourth-order valence-electron chi connectivity index (χ4n) is 3.31. The summed E-state index contributed by atoms with van der Waals surface area (Å²) in [5.41, 5.74) is 3.49. The summed E-state index contributed by atoms with van der Waals surface area (Å²) in [7, 11) is 0. The molecule has 0 atom stereocenters. The van der Waals surface area contributed by atoms with Crippen molar-refractivity contribution in [3.8, 4) is 5.75 Å². The van der Waals surface area contributed by atoms with Gasteiger partial charge in [-0.3, -0.25) is 4.90 Å². The van der Waals surface area contributed by atoms with E-state index in [4.69, 9.17) is 10.1 Å². The van der Waals surface area contributed by atoms with Crippen LogP contribution in [0.1, 0.15) is 12.0 Å². The van der Waals surface area contributed by atoms with E-state index in [-0.39, 0.29) is 0 Å². The Kier molecular flexibility index (Phi) is 5.46. The average Bonchev–Trinajstić information content (AvgIpc) is 2.67. The molecule has 1 aliphatic rings. The summed E-state index contributed by atoms with van der Waals surface area (Å²) in [6.07, 6.45) is 6.29.